The Balaban J connectivity index is 2.21. The zero-order valence-electron chi connectivity index (χ0n) is 10.6. The second-order valence-electron chi connectivity index (χ2n) is 4.84. The first-order valence-corrected chi connectivity index (χ1v) is 7.89. The van der Waals surface area contributed by atoms with Crippen molar-refractivity contribution in [1.82, 2.24) is 4.72 Å². The second kappa shape index (κ2) is 5.38. The molecule has 0 heterocycles. The van der Waals surface area contributed by atoms with Crippen molar-refractivity contribution in [2.45, 2.75) is 49.6 Å². The van der Waals surface area contributed by atoms with E-state index in [0.29, 0.717) is 4.90 Å². The standard InChI is InChI=1S/C13H20N2O2S/c1-2-13(14)10-5-3-8-12(9-10)18(16,17)15-11-6-4-7-11/h3,5,8-9,11,13,15H,2,4,6-7,14H2,1H3. The summed E-state index contributed by atoms with van der Waals surface area (Å²) in [5.74, 6) is 0. The summed E-state index contributed by atoms with van der Waals surface area (Å²) in [6.07, 6.45) is 3.77. The summed E-state index contributed by atoms with van der Waals surface area (Å²) >= 11 is 0. The highest BCUT2D eigenvalue weighted by Gasteiger charge is 2.24. The molecular formula is C13H20N2O2S. The lowest BCUT2D eigenvalue weighted by atomic mass is 9.94. The van der Waals surface area contributed by atoms with Crippen molar-refractivity contribution < 1.29 is 8.42 Å². The smallest absolute Gasteiger partial charge is 0.240 e. The van der Waals surface area contributed by atoms with Crippen molar-refractivity contribution in [3.05, 3.63) is 29.8 Å². The Labute approximate surface area is 109 Å². The number of rotatable bonds is 5. The lowest BCUT2D eigenvalue weighted by Gasteiger charge is -2.26. The van der Waals surface area contributed by atoms with Crippen LogP contribution in [0.1, 0.15) is 44.2 Å². The van der Waals surface area contributed by atoms with E-state index in [0.717, 1.165) is 31.2 Å². The Kier molecular flexibility index (Phi) is 4.04. The lowest BCUT2D eigenvalue weighted by molar-refractivity contribution is 0.383. The van der Waals surface area contributed by atoms with Crippen LogP contribution in [0.2, 0.25) is 0 Å². The predicted octanol–water partition coefficient (Wildman–Crippen LogP) is 1.93. The van der Waals surface area contributed by atoms with Crippen LogP contribution < -0.4 is 10.5 Å². The van der Waals surface area contributed by atoms with Gasteiger partial charge in [0.2, 0.25) is 10.0 Å². The molecular weight excluding hydrogens is 248 g/mol. The minimum atomic E-state index is -3.39. The predicted molar refractivity (Wildman–Crippen MR) is 71.6 cm³/mol. The zero-order valence-corrected chi connectivity index (χ0v) is 11.4. The largest absolute Gasteiger partial charge is 0.324 e. The van der Waals surface area contributed by atoms with Gasteiger partial charge in [0.15, 0.2) is 0 Å². The Morgan fingerprint density at radius 2 is 2.17 bits per heavy atom. The van der Waals surface area contributed by atoms with E-state index in [1.165, 1.54) is 0 Å². The third-order valence-electron chi connectivity index (χ3n) is 3.46. The van der Waals surface area contributed by atoms with Crippen LogP contribution in [0.15, 0.2) is 29.2 Å². The van der Waals surface area contributed by atoms with Crippen LogP contribution in [-0.4, -0.2) is 14.5 Å². The van der Waals surface area contributed by atoms with Gasteiger partial charge >= 0.3 is 0 Å². The Morgan fingerprint density at radius 1 is 1.44 bits per heavy atom. The second-order valence-corrected chi connectivity index (χ2v) is 6.55. The minimum Gasteiger partial charge on any atom is -0.324 e. The summed E-state index contributed by atoms with van der Waals surface area (Å²) in [6.45, 7) is 1.98. The van der Waals surface area contributed by atoms with Gasteiger partial charge in [0.1, 0.15) is 0 Å². The summed E-state index contributed by atoms with van der Waals surface area (Å²) in [5.41, 5.74) is 6.80. The van der Waals surface area contributed by atoms with E-state index in [1.807, 2.05) is 13.0 Å². The van der Waals surface area contributed by atoms with Crippen molar-refractivity contribution in [2.24, 2.45) is 5.73 Å². The summed E-state index contributed by atoms with van der Waals surface area (Å²) in [5, 5.41) is 0. The third-order valence-corrected chi connectivity index (χ3v) is 4.98. The molecule has 0 aliphatic heterocycles. The first kappa shape index (κ1) is 13.5. The van der Waals surface area contributed by atoms with Crippen molar-refractivity contribution in [1.29, 1.82) is 0 Å². The zero-order chi connectivity index (χ0) is 13.2. The SMILES string of the molecule is CCC(N)c1cccc(S(=O)(=O)NC2CCC2)c1. The minimum absolute atomic E-state index is 0.108. The molecule has 0 radical (unpaired) electrons. The lowest BCUT2D eigenvalue weighted by Crippen LogP contribution is -2.39. The van der Waals surface area contributed by atoms with Gasteiger partial charge in [-0.1, -0.05) is 25.5 Å². The third kappa shape index (κ3) is 2.91. The van der Waals surface area contributed by atoms with Crippen LogP contribution in [0.5, 0.6) is 0 Å². The summed E-state index contributed by atoms with van der Waals surface area (Å²) < 4.78 is 27.0. The molecule has 5 heteroatoms. The van der Waals surface area contributed by atoms with Crippen LogP contribution in [0, 0.1) is 0 Å². The first-order valence-electron chi connectivity index (χ1n) is 6.41. The molecule has 1 atom stereocenters. The van der Waals surface area contributed by atoms with Gasteiger partial charge < -0.3 is 5.73 Å². The van der Waals surface area contributed by atoms with Gasteiger partial charge in [-0.2, -0.15) is 0 Å². The molecule has 1 saturated carbocycles. The molecule has 1 fully saturated rings. The van der Waals surface area contributed by atoms with Crippen LogP contribution in [0.3, 0.4) is 0 Å². The Hall–Kier alpha value is -0.910. The van der Waals surface area contributed by atoms with Crippen LogP contribution in [0.4, 0.5) is 0 Å². The van der Waals surface area contributed by atoms with Gasteiger partial charge in [0.05, 0.1) is 4.90 Å². The molecule has 1 aliphatic carbocycles. The number of hydrogen-bond donors (Lipinski definition) is 2. The summed E-state index contributed by atoms with van der Waals surface area (Å²) in [7, 11) is -3.39. The van der Waals surface area contributed by atoms with Crippen molar-refractivity contribution >= 4 is 10.0 Å². The number of sulfonamides is 1. The molecule has 0 amide bonds. The van der Waals surface area contributed by atoms with Gasteiger partial charge in [0.25, 0.3) is 0 Å². The quantitative estimate of drug-likeness (QED) is 0.857. The molecule has 18 heavy (non-hydrogen) atoms. The van der Waals surface area contributed by atoms with Crippen LogP contribution in [0.25, 0.3) is 0 Å². The average Bonchev–Trinajstić information content (AvgIpc) is 2.33. The normalized spacial score (nSPS) is 18.3. The van der Waals surface area contributed by atoms with E-state index in [9.17, 15) is 8.42 Å². The van der Waals surface area contributed by atoms with E-state index >= 15 is 0 Å². The van der Waals surface area contributed by atoms with Gasteiger partial charge in [-0.3, -0.25) is 0 Å². The Morgan fingerprint density at radius 3 is 2.72 bits per heavy atom. The molecule has 3 N–H and O–H groups in total. The molecule has 100 valence electrons. The molecule has 2 rings (SSSR count). The fraction of sp³-hybridized carbons (Fsp3) is 0.538. The highest BCUT2D eigenvalue weighted by molar-refractivity contribution is 7.89. The van der Waals surface area contributed by atoms with Gasteiger partial charge in [-0.05, 0) is 37.0 Å². The van der Waals surface area contributed by atoms with Crippen molar-refractivity contribution in [3.8, 4) is 0 Å². The molecule has 0 bridgehead atoms. The van der Waals surface area contributed by atoms with Gasteiger partial charge in [-0.25, -0.2) is 13.1 Å². The molecule has 4 nitrogen and oxygen atoms in total. The monoisotopic (exact) mass is 268 g/mol. The van der Waals surface area contributed by atoms with Gasteiger partial charge in [-0.15, -0.1) is 0 Å². The number of nitrogens with two attached hydrogens (primary N) is 1. The maximum Gasteiger partial charge on any atom is 0.240 e. The average molecular weight is 268 g/mol. The molecule has 1 aromatic rings. The fourth-order valence-electron chi connectivity index (χ4n) is 1.96. The molecule has 1 unspecified atom stereocenters. The van der Waals surface area contributed by atoms with E-state index in [-0.39, 0.29) is 12.1 Å². The van der Waals surface area contributed by atoms with Crippen LogP contribution in [-0.2, 0) is 10.0 Å². The number of hydrogen-bond acceptors (Lipinski definition) is 3. The van der Waals surface area contributed by atoms with E-state index in [4.69, 9.17) is 5.73 Å². The van der Waals surface area contributed by atoms with E-state index in [1.54, 1.807) is 18.2 Å². The summed E-state index contributed by atoms with van der Waals surface area (Å²) in [4.78, 5) is 0.316. The maximum atomic E-state index is 12.1. The van der Waals surface area contributed by atoms with Crippen LogP contribution >= 0.6 is 0 Å². The highest BCUT2D eigenvalue weighted by Crippen LogP contribution is 2.22. The summed E-state index contributed by atoms with van der Waals surface area (Å²) in [6, 6.07) is 6.92. The van der Waals surface area contributed by atoms with Crippen molar-refractivity contribution in [3.63, 3.8) is 0 Å². The molecule has 1 aromatic carbocycles. The fourth-order valence-corrected chi connectivity index (χ4v) is 3.32. The molecule has 0 spiro atoms. The van der Waals surface area contributed by atoms with E-state index in [2.05, 4.69) is 4.72 Å². The topological polar surface area (TPSA) is 72.2 Å². The molecule has 1 aliphatic rings. The highest BCUT2D eigenvalue weighted by atomic mass is 32.2. The van der Waals surface area contributed by atoms with E-state index < -0.39 is 10.0 Å². The number of benzene rings is 1. The number of nitrogens with one attached hydrogen (secondary N) is 1. The maximum absolute atomic E-state index is 12.1. The van der Waals surface area contributed by atoms with Crippen molar-refractivity contribution in [2.75, 3.05) is 0 Å². The molecule has 0 aromatic heterocycles. The Bertz CT molecular complexity index is 509. The first-order chi connectivity index (χ1) is 8.53. The molecule has 0 saturated heterocycles. The van der Waals surface area contributed by atoms with Gasteiger partial charge in [0, 0.05) is 12.1 Å².